The largest absolute Gasteiger partial charge is 0.374 e. The first kappa shape index (κ1) is 10.4. The van der Waals surface area contributed by atoms with Crippen LogP contribution in [0.25, 0.3) is 0 Å². The number of hydrogen-bond donors (Lipinski definition) is 1. The molecule has 2 rings (SSSR count). The maximum absolute atomic E-state index is 5.52. The molecular weight excluding hydrogens is 226 g/mol. The Balaban J connectivity index is 2.07. The van der Waals surface area contributed by atoms with Gasteiger partial charge in [0.15, 0.2) is 4.34 Å². The molecule has 0 bridgehead atoms. The smallest absolute Gasteiger partial charge is 0.203 e. The number of nitrogens with zero attached hydrogens (tertiary/aromatic N) is 2. The minimum atomic E-state index is 0.374. The third-order valence-corrected chi connectivity index (χ3v) is 3.96. The molecular formula is C10H11N3S2. The van der Waals surface area contributed by atoms with E-state index in [0.717, 1.165) is 4.34 Å². The highest BCUT2D eigenvalue weighted by Crippen LogP contribution is 2.36. The normalized spacial score (nSPS) is 12.6. The first-order valence-corrected chi connectivity index (χ1v) is 6.26. The molecule has 0 amide bonds. The number of benzene rings is 1. The SMILES string of the molecule is C[C@H](Sc1nnc(N)s1)c1ccccc1. The van der Waals surface area contributed by atoms with E-state index in [1.807, 2.05) is 18.2 Å². The summed E-state index contributed by atoms with van der Waals surface area (Å²) in [5.74, 6) is 0. The summed E-state index contributed by atoms with van der Waals surface area (Å²) in [5, 5.41) is 8.68. The fourth-order valence-electron chi connectivity index (χ4n) is 1.21. The van der Waals surface area contributed by atoms with Gasteiger partial charge in [0.2, 0.25) is 5.13 Å². The monoisotopic (exact) mass is 237 g/mol. The van der Waals surface area contributed by atoms with Crippen LogP contribution in [0, 0.1) is 0 Å². The fraction of sp³-hybridized carbons (Fsp3) is 0.200. The van der Waals surface area contributed by atoms with Gasteiger partial charge in [-0.1, -0.05) is 53.4 Å². The van der Waals surface area contributed by atoms with E-state index in [4.69, 9.17) is 5.73 Å². The van der Waals surface area contributed by atoms with Crippen molar-refractivity contribution in [3.05, 3.63) is 35.9 Å². The van der Waals surface area contributed by atoms with Crippen molar-refractivity contribution < 1.29 is 0 Å². The third kappa shape index (κ3) is 2.70. The zero-order chi connectivity index (χ0) is 10.7. The second kappa shape index (κ2) is 4.63. The van der Waals surface area contributed by atoms with Gasteiger partial charge in [-0.05, 0) is 12.5 Å². The van der Waals surface area contributed by atoms with Crippen molar-refractivity contribution in [1.82, 2.24) is 10.2 Å². The molecule has 5 heteroatoms. The standard InChI is InChI=1S/C10H11N3S2/c1-7(8-5-3-2-4-6-8)14-10-13-12-9(11)15-10/h2-7H,1H3,(H2,11,12)/t7-/m0/s1. The lowest BCUT2D eigenvalue weighted by atomic mass is 10.2. The van der Waals surface area contributed by atoms with Gasteiger partial charge in [-0.3, -0.25) is 0 Å². The van der Waals surface area contributed by atoms with Crippen LogP contribution in [0.5, 0.6) is 0 Å². The van der Waals surface area contributed by atoms with Gasteiger partial charge in [0.25, 0.3) is 0 Å². The van der Waals surface area contributed by atoms with Crippen molar-refractivity contribution >= 4 is 28.2 Å². The van der Waals surface area contributed by atoms with Crippen molar-refractivity contribution in [3.8, 4) is 0 Å². The molecule has 0 unspecified atom stereocenters. The predicted molar refractivity (Wildman–Crippen MR) is 65.0 cm³/mol. The van der Waals surface area contributed by atoms with Gasteiger partial charge in [0.05, 0.1) is 0 Å². The molecule has 1 heterocycles. The first-order valence-electron chi connectivity index (χ1n) is 4.56. The molecule has 1 aromatic carbocycles. The van der Waals surface area contributed by atoms with Crippen LogP contribution in [0.3, 0.4) is 0 Å². The molecule has 1 atom stereocenters. The lowest BCUT2D eigenvalue weighted by Crippen LogP contribution is -1.86. The lowest BCUT2D eigenvalue weighted by Gasteiger charge is -2.08. The Labute approximate surface area is 96.7 Å². The van der Waals surface area contributed by atoms with Crippen LogP contribution in [0.2, 0.25) is 0 Å². The second-order valence-corrected chi connectivity index (χ2v) is 5.67. The quantitative estimate of drug-likeness (QED) is 0.834. The molecule has 1 aromatic heterocycles. The summed E-state index contributed by atoms with van der Waals surface area (Å²) in [6.07, 6.45) is 0. The van der Waals surface area contributed by atoms with Crippen molar-refractivity contribution in [2.75, 3.05) is 5.73 Å². The maximum atomic E-state index is 5.52. The Hall–Kier alpha value is -1.07. The molecule has 0 aliphatic rings. The Morgan fingerprint density at radius 2 is 2.00 bits per heavy atom. The molecule has 2 aromatic rings. The van der Waals surface area contributed by atoms with Crippen LogP contribution >= 0.6 is 23.1 Å². The van der Waals surface area contributed by atoms with Gasteiger partial charge in [0.1, 0.15) is 0 Å². The Bertz CT molecular complexity index is 427. The van der Waals surface area contributed by atoms with Gasteiger partial charge < -0.3 is 5.73 Å². The van der Waals surface area contributed by atoms with E-state index in [0.29, 0.717) is 10.4 Å². The van der Waals surface area contributed by atoms with Crippen molar-refractivity contribution in [2.24, 2.45) is 0 Å². The Morgan fingerprint density at radius 1 is 1.27 bits per heavy atom. The molecule has 0 saturated heterocycles. The Morgan fingerprint density at radius 3 is 2.60 bits per heavy atom. The summed E-state index contributed by atoms with van der Waals surface area (Å²) in [6.45, 7) is 2.15. The summed E-state index contributed by atoms with van der Waals surface area (Å²) in [5.41, 5.74) is 6.81. The number of aromatic nitrogens is 2. The van der Waals surface area contributed by atoms with Crippen LogP contribution in [0.4, 0.5) is 5.13 Å². The highest BCUT2D eigenvalue weighted by molar-refractivity contribution is 8.01. The molecule has 3 nitrogen and oxygen atoms in total. The molecule has 0 spiro atoms. The Kier molecular flexibility index (Phi) is 3.23. The maximum Gasteiger partial charge on any atom is 0.203 e. The van der Waals surface area contributed by atoms with E-state index in [2.05, 4.69) is 29.3 Å². The zero-order valence-electron chi connectivity index (χ0n) is 8.25. The van der Waals surface area contributed by atoms with Crippen molar-refractivity contribution in [2.45, 2.75) is 16.5 Å². The molecule has 0 aliphatic carbocycles. The summed E-state index contributed by atoms with van der Waals surface area (Å²) < 4.78 is 0.920. The number of nitrogen functional groups attached to an aromatic ring is 1. The van der Waals surface area contributed by atoms with Crippen molar-refractivity contribution in [1.29, 1.82) is 0 Å². The molecule has 78 valence electrons. The highest BCUT2D eigenvalue weighted by Gasteiger charge is 2.10. The minimum absolute atomic E-state index is 0.374. The van der Waals surface area contributed by atoms with E-state index in [1.165, 1.54) is 16.9 Å². The summed E-state index contributed by atoms with van der Waals surface area (Å²) >= 11 is 3.11. The van der Waals surface area contributed by atoms with Crippen LogP contribution in [-0.2, 0) is 0 Å². The van der Waals surface area contributed by atoms with Gasteiger partial charge in [-0.15, -0.1) is 10.2 Å². The van der Waals surface area contributed by atoms with E-state index >= 15 is 0 Å². The van der Waals surface area contributed by atoms with Crippen LogP contribution in [-0.4, -0.2) is 10.2 Å². The number of thioether (sulfide) groups is 1. The molecule has 15 heavy (non-hydrogen) atoms. The summed E-state index contributed by atoms with van der Waals surface area (Å²) in [4.78, 5) is 0. The molecule has 2 N–H and O–H groups in total. The molecule has 0 radical (unpaired) electrons. The zero-order valence-corrected chi connectivity index (χ0v) is 9.89. The van der Waals surface area contributed by atoms with Gasteiger partial charge in [0, 0.05) is 5.25 Å². The van der Waals surface area contributed by atoms with Crippen LogP contribution < -0.4 is 5.73 Å². The lowest BCUT2D eigenvalue weighted by molar-refractivity contribution is 1.00. The molecule has 0 aliphatic heterocycles. The molecule has 0 fully saturated rings. The van der Waals surface area contributed by atoms with E-state index in [1.54, 1.807) is 11.8 Å². The van der Waals surface area contributed by atoms with E-state index in [9.17, 15) is 0 Å². The average molecular weight is 237 g/mol. The topological polar surface area (TPSA) is 51.8 Å². The van der Waals surface area contributed by atoms with Gasteiger partial charge in [-0.2, -0.15) is 0 Å². The summed E-state index contributed by atoms with van der Waals surface area (Å²) in [6, 6.07) is 10.3. The molecule has 0 saturated carbocycles. The van der Waals surface area contributed by atoms with E-state index in [-0.39, 0.29) is 0 Å². The summed E-state index contributed by atoms with van der Waals surface area (Å²) in [7, 11) is 0. The fourth-order valence-corrected chi connectivity index (χ4v) is 3.12. The van der Waals surface area contributed by atoms with E-state index < -0.39 is 0 Å². The second-order valence-electron chi connectivity index (χ2n) is 3.08. The number of nitrogens with two attached hydrogens (primary N) is 1. The third-order valence-electron chi connectivity index (χ3n) is 1.97. The number of rotatable bonds is 3. The average Bonchev–Trinajstić information content (AvgIpc) is 2.65. The van der Waals surface area contributed by atoms with Crippen molar-refractivity contribution in [3.63, 3.8) is 0 Å². The number of hydrogen-bond acceptors (Lipinski definition) is 5. The minimum Gasteiger partial charge on any atom is -0.374 e. The first-order chi connectivity index (χ1) is 7.25. The number of anilines is 1. The highest BCUT2D eigenvalue weighted by atomic mass is 32.2. The van der Waals surface area contributed by atoms with Gasteiger partial charge in [-0.25, -0.2) is 0 Å². The van der Waals surface area contributed by atoms with Crippen LogP contribution in [0.1, 0.15) is 17.7 Å². The van der Waals surface area contributed by atoms with Gasteiger partial charge >= 0.3 is 0 Å². The predicted octanol–water partition coefficient (Wildman–Crippen LogP) is 2.97. The van der Waals surface area contributed by atoms with Crippen LogP contribution in [0.15, 0.2) is 34.7 Å².